The standard InChI is InChI=1S/C16H21N3O2/c1-5-14-18-15(17-6-2)10-16(19-14)21-12-8-7-11(3)9-13(12)20-4/h7-10H,5-6H2,1-4H3,(H,17,18,19). The maximum Gasteiger partial charge on any atom is 0.224 e. The van der Waals surface area contributed by atoms with Gasteiger partial charge in [-0.15, -0.1) is 0 Å². The van der Waals surface area contributed by atoms with Gasteiger partial charge in [0.2, 0.25) is 5.88 Å². The molecule has 5 heteroatoms. The SMILES string of the molecule is CCNc1cc(Oc2ccc(C)cc2OC)nc(CC)n1. The number of benzene rings is 1. The number of rotatable bonds is 6. The molecule has 0 fully saturated rings. The normalized spacial score (nSPS) is 10.3. The Balaban J connectivity index is 2.32. The molecule has 1 aromatic carbocycles. The van der Waals surface area contributed by atoms with Gasteiger partial charge in [0.1, 0.15) is 11.6 Å². The fourth-order valence-electron chi connectivity index (χ4n) is 1.93. The molecule has 5 nitrogen and oxygen atoms in total. The Morgan fingerprint density at radius 2 is 1.90 bits per heavy atom. The highest BCUT2D eigenvalue weighted by atomic mass is 16.5. The summed E-state index contributed by atoms with van der Waals surface area (Å²) in [5.41, 5.74) is 1.12. The Morgan fingerprint density at radius 1 is 1.10 bits per heavy atom. The molecule has 2 rings (SSSR count). The van der Waals surface area contributed by atoms with Crippen LogP contribution in [0.1, 0.15) is 25.2 Å². The second-order valence-corrected chi connectivity index (χ2v) is 4.65. The van der Waals surface area contributed by atoms with Gasteiger partial charge in [-0.3, -0.25) is 0 Å². The van der Waals surface area contributed by atoms with Gasteiger partial charge < -0.3 is 14.8 Å². The third kappa shape index (κ3) is 3.84. The molecular weight excluding hydrogens is 266 g/mol. The molecule has 112 valence electrons. The van der Waals surface area contributed by atoms with E-state index in [0.29, 0.717) is 17.4 Å². The molecule has 0 unspecified atom stereocenters. The number of aryl methyl sites for hydroxylation is 2. The third-order valence-corrected chi connectivity index (χ3v) is 2.96. The van der Waals surface area contributed by atoms with Crippen LogP contribution in [0.4, 0.5) is 5.82 Å². The molecule has 0 saturated heterocycles. The minimum absolute atomic E-state index is 0.514. The van der Waals surface area contributed by atoms with Gasteiger partial charge in [-0.25, -0.2) is 4.98 Å². The monoisotopic (exact) mass is 287 g/mol. The molecule has 0 atom stereocenters. The predicted molar refractivity (Wildman–Crippen MR) is 83.4 cm³/mol. The first-order chi connectivity index (χ1) is 10.2. The van der Waals surface area contributed by atoms with Crippen LogP contribution in [0, 0.1) is 6.92 Å². The fourth-order valence-corrected chi connectivity index (χ4v) is 1.93. The first-order valence-corrected chi connectivity index (χ1v) is 7.10. The second-order valence-electron chi connectivity index (χ2n) is 4.65. The van der Waals surface area contributed by atoms with Gasteiger partial charge in [-0.05, 0) is 31.5 Å². The van der Waals surface area contributed by atoms with E-state index >= 15 is 0 Å². The number of ether oxygens (including phenoxy) is 2. The summed E-state index contributed by atoms with van der Waals surface area (Å²) in [6.07, 6.45) is 0.751. The molecule has 2 aromatic rings. The van der Waals surface area contributed by atoms with Crippen LogP contribution < -0.4 is 14.8 Å². The molecule has 0 radical (unpaired) electrons. The van der Waals surface area contributed by atoms with E-state index in [1.165, 1.54) is 0 Å². The fraction of sp³-hybridized carbons (Fsp3) is 0.375. The molecule has 0 amide bonds. The van der Waals surface area contributed by atoms with Crippen molar-refractivity contribution in [2.45, 2.75) is 27.2 Å². The molecule has 0 spiro atoms. The van der Waals surface area contributed by atoms with Crippen LogP contribution in [0.5, 0.6) is 17.4 Å². The second kappa shape index (κ2) is 6.92. The first-order valence-electron chi connectivity index (χ1n) is 7.10. The van der Waals surface area contributed by atoms with Crippen molar-refractivity contribution in [2.24, 2.45) is 0 Å². The molecule has 1 N–H and O–H groups in total. The number of aromatic nitrogens is 2. The lowest BCUT2D eigenvalue weighted by Gasteiger charge is -2.12. The van der Waals surface area contributed by atoms with Crippen LogP contribution >= 0.6 is 0 Å². The molecule has 0 aliphatic rings. The van der Waals surface area contributed by atoms with E-state index in [0.717, 1.165) is 30.2 Å². The number of hydrogen-bond acceptors (Lipinski definition) is 5. The summed E-state index contributed by atoms with van der Waals surface area (Å²) >= 11 is 0. The minimum atomic E-state index is 0.514. The summed E-state index contributed by atoms with van der Waals surface area (Å²) in [5, 5.41) is 3.18. The Labute approximate surface area is 125 Å². The third-order valence-electron chi connectivity index (χ3n) is 2.96. The molecule has 0 bridgehead atoms. The van der Waals surface area contributed by atoms with Crippen LogP contribution in [-0.4, -0.2) is 23.6 Å². The molecule has 1 aromatic heterocycles. The van der Waals surface area contributed by atoms with Crippen LogP contribution in [0.2, 0.25) is 0 Å². The number of nitrogens with zero attached hydrogens (tertiary/aromatic N) is 2. The van der Waals surface area contributed by atoms with E-state index in [9.17, 15) is 0 Å². The highest BCUT2D eigenvalue weighted by molar-refractivity contribution is 5.46. The number of nitrogens with one attached hydrogen (secondary N) is 1. The van der Waals surface area contributed by atoms with E-state index in [-0.39, 0.29) is 0 Å². The van der Waals surface area contributed by atoms with Gasteiger partial charge in [0.15, 0.2) is 11.5 Å². The van der Waals surface area contributed by atoms with Gasteiger partial charge in [0, 0.05) is 19.0 Å². The highest BCUT2D eigenvalue weighted by Crippen LogP contribution is 2.32. The molecular formula is C16H21N3O2. The van der Waals surface area contributed by atoms with Crippen molar-refractivity contribution in [2.75, 3.05) is 19.0 Å². The van der Waals surface area contributed by atoms with Crippen LogP contribution in [0.25, 0.3) is 0 Å². The zero-order valence-corrected chi connectivity index (χ0v) is 12.9. The zero-order chi connectivity index (χ0) is 15.2. The minimum Gasteiger partial charge on any atom is -0.493 e. The van der Waals surface area contributed by atoms with Gasteiger partial charge in [-0.2, -0.15) is 4.98 Å². The topological polar surface area (TPSA) is 56.3 Å². The summed E-state index contributed by atoms with van der Waals surface area (Å²) in [4.78, 5) is 8.80. The van der Waals surface area contributed by atoms with Crippen molar-refractivity contribution < 1.29 is 9.47 Å². The highest BCUT2D eigenvalue weighted by Gasteiger charge is 2.09. The van der Waals surface area contributed by atoms with Crippen molar-refractivity contribution >= 4 is 5.82 Å². The maximum atomic E-state index is 5.87. The summed E-state index contributed by atoms with van der Waals surface area (Å²) in [7, 11) is 1.63. The Bertz CT molecular complexity index is 614. The van der Waals surface area contributed by atoms with E-state index < -0.39 is 0 Å². The molecule has 0 aliphatic heterocycles. The van der Waals surface area contributed by atoms with E-state index in [4.69, 9.17) is 9.47 Å². The van der Waals surface area contributed by atoms with Gasteiger partial charge in [-0.1, -0.05) is 13.0 Å². The molecule has 1 heterocycles. The van der Waals surface area contributed by atoms with Gasteiger partial charge in [0.05, 0.1) is 7.11 Å². The lowest BCUT2D eigenvalue weighted by Crippen LogP contribution is -2.04. The van der Waals surface area contributed by atoms with Crippen LogP contribution in [-0.2, 0) is 6.42 Å². The lowest BCUT2D eigenvalue weighted by atomic mass is 10.2. The van der Waals surface area contributed by atoms with Crippen molar-refractivity contribution in [3.8, 4) is 17.4 Å². The average molecular weight is 287 g/mol. The first kappa shape index (κ1) is 15.1. The summed E-state index contributed by atoms with van der Waals surface area (Å²) in [6, 6.07) is 7.59. The van der Waals surface area contributed by atoms with Crippen molar-refractivity contribution in [3.05, 3.63) is 35.7 Å². The Kier molecular flexibility index (Phi) is 4.98. The number of methoxy groups -OCH3 is 1. The van der Waals surface area contributed by atoms with Gasteiger partial charge >= 0.3 is 0 Å². The van der Waals surface area contributed by atoms with Crippen LogP contribution in [0.3, 0.4) is 0 Å². The van der Waals surface area contributed by atoms with Crippen LogP contribution in [0.15, 0.2) is 24.3 Å². The summed E-state index contributed by atoms with van der Waals surface area (Å²) in [6.45, 7) is 6.85. The Hall–Kier alpha value is -2.30. The predicted octanol–water partition coefficient (Wildman–Crippen LogP) is 3.58. The molecule has 21 heavy (non-hydrogen) atoms. The van der Waals surface area contributed by atoms with Crippen molar-refractivity contribution in [1.82, 2.24) is 9.97 Å². The summed E-state index contributed by atoms with van der Waals surface area (Å²) < 4.78 is 11.2. The maximum absolute atomic E-state index is 5.87. The zero-order valence-electron chi connectivity index (χ0n) is 12.9. The van der Waals surface area contributed by atoms with E-state index in [1.807, 2.05) is 39.0 Å². The van der Waals surface area contributed by atoms with E-state index in [2.05, 4.69) is 15.3 Å². The van der Waals surface area contributed by atoms with Crippen molar-refractivity contribution in [3.63, 3.8) is 0 Å². The average Bonchev–Trinajstić information content (AvgIpc) is 2.49. The van der Waals surface area contributed by atoms with Crippen molar-refractivity contribution in [1.29, 1.82) is 0 Å². The molecule has 0 aliphatic carbocycles. The smallest absolute Gasteiger partial charge is 0.224 e. The summed E-state index contributed by atoms with van der Waals surface area (Å²) in [5.74, 6) is 3.36. The quantitative estimate of drug-likeness (QED) is 0.880. The largest absolute Gasteiger partial charge is 0.493 e. The number of hydrogen-bond donors (Lipinski definition) is 1. The lowest BCUT2D eigenvalue weighted by molar-refractivity contribution is 0.373. The Morgan fingerprint density at radius 3 is 2.57 bits per heavy atom. The molecule has 0 saturated carbocycles. The van der Waals surface area contributed by atoms with Gasteiger partial charge in [0.25, 0.3) is 0 Å². The van der Waals surface area contributed by atoms with E-state index in [1.54, 1.807) is 13.2 Å². The number of anilines is 1.